The van der Waals surface area contributed by atoms with Crippen molar-refractivity contribution in [1.82, 2.24) is 20.0 Å². The number of carbonyl (C=O) groups excluding carboxylic acids is 1. The number of rotatable bonds is 7. The third-order valence-corrected chi connectivity index (χ3v) is 6.66. The van der Waals surface area contributed by atoms with E-state index in [-0.39, 0.29) is 12.5 Å². The van der Waals surface area contributed by atoms with Gasteiger partial charge < -0.3 is 15.0 Å². The van der Waals surface area contributed by atoms with Crippen molar-refractivity contribution in [3.8, 4) is 11.3 Å². The Hall–Kier alpha value is -2.38. The van der Waals surface area contributed by atoms with E-state index in [1.807, 2.05) is 0 Å². The van der Waals surface area contributed by atoms with Gasteiger partial charge in [-0.25, -0.2) is 0 Å². The average molecular weight is 412 g/mol. The minimum Gasteiger partial charge on any atom is -0.378 e. The van der Waals surface area contributed by atoms with Crippen LogP contribution in [0.1, 0.15) is 24.5 Å². The molecule has 0 saturated carbocycles. The first kappa shape index (κ1) is 20.9. The SMILES string of the molecule is COCC(=O)NC[C@H]1C[C@@H]2CCN1C[C@H]2c1cc(-c2ccc(N(C)C)cc2)nn1C. The molecule has 30 heavy (non-hydrogen) atoms. The van der Waals surface area contributed by atoms with Gasteiger partial charge in [0.15, 0.2) is 0 Å². The summed E-state index contributed by atoms with van der Waals surface area (Å²) in [5, 5.41) is 7.84. The van der Waals surface area contributed by atoms with Crippen LogP contribution in [0.5, 0.6) is 0 Å². The first-order valence-corrected chi connectivity index (χ1v) is 10.8. The van der Waals surface area contributed by atoms with Crippen molar-refractivity contribution in [2.75, 3.05) is 52.3 Å². The maximum absolute atomic E-state index is 11.7. The Kier molecular flexibility index (Phi) is 6.11. The number of nitrogens with one attached hydrogen (secondary N) is 1. The van der Waals surface area contributed by atoms with Crippen molar-refractivity contribution in [3.63, 3.8) is 0 Å². The summed E-state index contributed by atoms with van der Waals surface area (Å²) in [6.45, 7) is 2.99. The van der Waals surface area contributed by atoms with Crippen LogP contribution in [0.2, 0.25) is 0 Å². The molecule has 0 spiro atoms. The third kappa shape index (κ3) is 4.23. The molecule has 7 heteroatoms. The molecule has 1 aromatic heterocycles. The van der Waals surface area contributed by atoms with Crippen LogP contribution in [0.4, 0.5) is 5.69 Å². The summed E-state index contributed by atoms with van der Waals surface area (Å²) in [6.07, 6.45) is 2.33. The lowest BCUT2D eigenvalue weighted by atomic mass is 9.74. The predicted octanol–water partition coefficient (Wildman–Crippen LogP) is 2.09. The lowest BCUT2D eigenvalue weighted by Crippen LogP contribution is -2.56. The number of aryl methyl sites for hydroxylation is 1. The van der Waals surface area contributed by atoms with Gasteiger partial charge in [-0.1, -0.05) is 12.1 Å². The number of anilines is 1. The van der Waals surface area contributed by atoms with E-state index < -0.39 is 0 Å². The molecule has 1 N–H and O–H groups in total. The summed E-state index contributed by atoms with van der Waals surface area (Å²) >= 11 is 0. The molecule has 162 valence electrons. The van der Waals surface area contributed by atoms with Gasteiger partial charge in [0.25, 0.3) is 0 Å². The van der Waals surface area contributed by atoms with Crippen molar-refractivity contribution in [1.29, 1.82) is 0 Å². The summed E-state index contributed by atoms with van der Waals surface area (Å²) < 4.78 is 6.98. The molecule has 1 unspecified atom stereocenters. The molecule has 5 rings (SSSR count). The van der Waals surface area contributed by atoms with Crippen LogP contribution in [0.25, 0.3) is 11.3 Å². The van der Waals surface area contributed by atoms with Crippen molar-refractivity contribution < 1.29 is 9.53 Å². The van der Waals surface area contributed by atoms with Crippen LogP contribution in [0, 0.1) is 5.92 Å². The Morgan fingerprint density at radius 1 is 1.30 bits per heavy atom. The topological polar surface area (TPSA) is 62.6 Å². The van der Waals surface area contributed by atoms with E-state index in [0.717, 1.165) is 30.8 Å². The molecule has 3 fully saturated rings. The van der Waals surface area contributed by atoms with Gasteiger partial charge in [-0.15, -0.1) is 0 Å². The molecule has 3 aliphatic heterocycles. The van der Waals surface area contributed by atoms with E-state index >= 15 is 0 Å². The molecular formula is C23H33N5O2. The number of ether oxygens (including phenoxy) is 1. The molecule has 4 atom stereocenters. The standard InChI is InChI=1S/C23H33N5O2/c1-26(2)18-7-5-16(6-8-18)21-12-22(27(3)25-21)20-14-28-10-9-17(20)11-19(28)13-24-23(29)15-30-4/h5-8,12,17,19-20H,9-11,13-15H2,1-4H3,(H,24,29)/t17-,19+,20+/m0/s1. The number of carbonyl (C=O) groups is 1. The monoisotopic (exact) mass is 411 g/mol. The van der Waals surface area contributed by atoms with Gasteiger partial charge in [0, 0.05) is 70.2 Å². The second kappa shape index (κ2) is 8.78. The normalized spacial score (nSPS) is 25.3. The van der Waals surface area contributed by atoms with Crippen LogP contribution in [-0.2, 0) is 16.6 Å². The lowest BCUT2D eigenvalue weighted by molar-refractivity contribution is -0.125. The molecule has 3 saturated heterocycles. The van der Waals surface area contributed by atoms with E-state index in [4.69, 9.17) is 9.84 Å². The second-order valence-electron chi connectivity index (χ2n) is 8.80. The van der Waals surface area contributed by atoms with E-state index in [1.165, 1.54) is 17.8 Å². The van der Waals surface area contributed by atoms with E-state index in [9.17, 15) is 4.79 Å². The highest BCUT2D eigenvalue weighted by Crippen LogP contribution is 2.42. The molecule has 0 aliphatic carbocycles. The van der Waals surface area contributed by atoms with E-state index in [0.29, 0.717) is 24.4 Å². The molecule has 7 nitrogen and oxygen atoms in total. The molecule has 1 aromatic carbocycles. The Morgan fingerprint density at radius 3 is 2.70 bits per heavy atom. The summed E-state index contributed by atoms with van der Waals surface area (Å²) in [7, 11) is 7.72. The Bertz CT molecular complexity index is 876. The Balaban J connectivity index is 1.45. The fourth-order valence-corrected chi connectivity index (χ4v) is 5.00. The van der Waals surface area contributed by atoms with Crippen LogP contribution < -0.4 is 10.2 Å². The number of nitrogens with zero attached hydrogens (tertiary/aromatic N) is 4. The smallest absolute Gasteiger partial charge is 0.246 e. The summed E-state index contributed by atoms with van der Waals surface area (Å²) in [5.41, 5.74) is 4.70. The van der Waals surface area contributed by atoms with Crippen molar-refractivity contribution in [2.45, 2.75) is 24.8 Å². The highest BCUT2D eigenvalue weighted by atomic mass is 16.5. The van der Waals surface area contributed by atoms with Crippen LogP contribution in [0.3, 0.4) is 0 Å². The summed E-state index contributed by atoms with van der Waals surface area (Å²) in [4.78, 5) is 16.4. The molecular weight excluding hydrogens is 378 g/mol. The Labute approximate surface area is 179 Å². The summed E-state index contributed by atoms with van der Waals surface area (Å²) in [5.74, 6) is 1.10. The van der Waals surface area contributed by atoms with Gasteiger partial charge in [-0.05, 0) is 43.5 Å². The van der Waals surface area contributed by atoms with Gasteiger partial charge in [0.2, 0.25) is 5.91 Å². The number of benzene rings is 1. The van der Waals surface area contributed by atoms with Crippen LogP contribution >= 0.6 is 0 Å². The molecule has 2 bridgehead atoms. The fourth-order valence-electron chi connectivity index (χ4n) is 5.00. The van der Waals surface area contributed by atoms with Crippen LogP contribution in [0.15, 0.2) is 30.3 Å². The molecule has 4 heterocycles. The number of fused-ring (bicyclic) bond motifs is 3. The van der Waals surface area contributed by atoms with Crippen LogP contribution in [-0.4, -0.2) is 74.1 Å². The second-order valence-corrected chi connectivity index (χ2v) is 8.80. The first-order valence-electron chi connectivity index (χ1n) is 10.8. The number of hydrogen-bond donors (Lipinski definition) is 1. The van der Waals surface area contributed by atoms with E-state index in [2.05, 4.69) is 71.3 Å². The van der Waals surface area contributed by atoms with Crippen molar-refractivity contribution in [3.05, 3.63) is 36.0 Å². The third-order valence-electron chi connectivity index (χ3n) is 6.66. The zero-order valence-corrected chi connectivity index (χ0v) is 18.5. The number of hydrogen-bond acceptors (Lipinski definition) is 5. The largest absolute Gasteiger partial charge is 0.378 e. The first-order chi connectivity index (χ1) is 14.5. The van der Waals surface area contributed by atoms with Gasteiger partial charge in [0.1, 0.15) is 6.61 Å². The fraction of sp³-hybridized carbons (Fsp3) is 0.565. The minimum atomic E-state index is -0.0340. The lowest BCUT2D eigenvalue weighted by Gasteiger charge is -2.50. The highest BCUT2D eigenvalue weighted by molar-refractivity contribution is 5.77. The van der Waals surface area contributed by atoms with Gasteiger partial charge in [-0.3, -0.25) is 14.4 Å². The number of amides is 1. The molecule has 0 radical (unpaired) electrons. The average Bonchev–Trinajstić information content (AvgIpc) is 3.14. The molecule has 2 aromatic rings. The van der Waals surface area contributed by atoms with Crippen molar-refractivity contribution >= 4 is 11.6 Å². The number of piperidine rings is 3. The minimum absolute atomic E-state index is 0.0340. The summed E-state index contributed by atoms with van der Waals surface area (Å²) in [6, 6.07) is 11.3. The number of aromatic nitrogens is 2. The highest BCUT2D eigenvalue weighted by Gasteiger charge is 2.41. The maximum Gasteiger partial charge on any atom is 0.246 e. The number of methoxy groups -OCH3 is 1. The maximum atomic E-state index is 11.7. The molecule has 3 aliphatic rings. The van der Waals surface area contributed by atoms with Gasteiger partial charge in [0.05, 0.1) is 5.69 Å². The van der Waals surface area contributed by atoms with E-state index in [1.54, 1.807) is 7.11 Å². The zero-order chi connectivity index (χ0) is 21.3. The molecule has 1 amide bonds. The Morgan fingerprint density at radius 2 is 2.07 bits per heavy atom. The quantitative estimate of drug-likeness (QED) is 0.756. The zero-order valence-electron chi connectivity index (χ0n) is 18.5. The van der Waals surface area contributed by atoms with Crippen molar-refractivity contribution in [2.24, 2.45) is 13.0 Å². The van der Waals surface area contributed by atoms with Gasteiger partial charge in [-0.2, -0.15) is 5.10 Å². The predicted molar refractivity (Wildman–Crippen MR) is 119 cm³/mol. The van der Waals surface area contributed by atoms with Gasteiger partial charge >= 0.3 is 0 Å².